The molecule has 1 N–H and O–H groups in total. The van der Waals surface area contributed by atoms with Crippen LogP contribution in [0.15, 0.2) is 0 Å². The molecule has 2 rings (SSSR count). The topological polar surface area (TPSA) is 59.1 Å². The third-order valence-corrected chi connectivity index (χ3v) is 6.63. The Morgan fingerprint density at radius 1 is 1.42 bits per heavy atom. The first-order valence-electron chi connectivity index (χ1n) is 6.84. The zero-order valence-corrected chi connectivity index (χ0v) is 13.5. The van der Waals surface area contributed by atoms with Gasteiger partial charge in [0.25, 0.3) is 0 Å². The van der Waals surface area contributed by atoms with Gasteiger partial charge in [0.2, 0.25) is 0 Å². The number of aryl methyl sites for hydroxylation is 2. The zero-order valence-electron chi connectivity index (χ0n) is 11.8. The molecule has 1 saturated heterocycles. The first-order valence-corrected chi connectivity index (χ1v) is 9.48. The summed E-state index contributed by atoms with van der Waals surface area (Å²) in [6, 6.07) is 0. The Morgan fingerprint density at radius 2 is 2.16 bits per heavy atom. The summed E-state index contributed by atoms with van der Waals surface area (Å²) >= 11 is 1.65. The number of thiazole rings is 1. The van der Waals surface area contributed by atoms with Gasteiger partial charge in [-0.2, -0.15) is 0 Å². The van der Waals surface area contributed by atoms with Crippen LogP contribution in [0.3, 0.4) is 0 Å². The van der Waals surface area contributed by atoms with Gasteiger partial charge in [-0.05, 0) is 32.7 Å². The molecule has 1 aromatic rings. The molecule has 0 amide bonds. The summed E-state index contributed by atoms with van der Waals surface area (Å²) in [6.45, 7) is 7.07. The first kappa shape index (κ1) is 14.9. The van der Waals surface area contributed by atoms with Gasteiger partial charge in [-0.3, -0.25) is 0 Å². The van der Waals surface area contributed by atoms with Crippen molar-refractivity contribution in [2.45, 2.75) is 45.6 Å². The smallest absolute Gasteiger partial charge is 0.152 e. The molecular formula is C13H22N2O2S2. The highest BCUT2D eigenvalue weighted by atomic mass is 32.2. The van der Waals surface area contributed by atoms with Crippen LogP contribution in [0.2, 0.25) is 0 Å². The van der Waals surface area contributed by atoms with Gasteiger partial charge >= 0.3 is 0 Å². The largest absolute Gasteiger partial charge is 0.305 e. The average Bonchev–Trinajstić information content (AvgIpc) is 2.88. The van der Waals surface area contributed by atoms with E-state index in [-0.39, 0.29) is 11.5 Å². The van der Waals surface area contributed by atoms with Crippen LogP contribution < -0.4 is 5.32 Å². The van der Waals surface area contributed by atoms with Crippen molar-refractivity contribution in [3.63, 3.8) is 0 Å². The number of hydrogen-bond donors (Lipinski definition) is 1. The van der Waals surface area contributed by atoms with E-state index in [1.807, 2.05) is 0 Å². The minimum Gasteiger partial charge on any atom is -0.305 e. The van der Waals surface area contributed by atoms with Crippen molar-refractivity contribution in [3.05, 3.63) is 15.6 Å². The monoisotopic (exact) mass is 302 g/mol. The Kier molecular flexibility index (Phi) is 4.32. The summed E-state index contributed by atoms with van der Waals surface area (Å²) < 4.78 is 23.8. The predicted octanol–water partition coefficient (Wildman–Crippen LogP) is 2.03. The molecule has 0 aliphatic carbocycles. The molecule has 1 atom stereocenters. The highest BCUT2D eigenvalue weighted by molar-refractivity contribution is 7.91. The van der Waals surface area contributed by atoms with Gasteiger partial charge in [-0.1, -0.05) is 13.8 Å². The van der Waals surface area contributed by atoms with E-state index in [4.69, 9.17) is 4.98 Å². The van der Waals surface area contributed by atoms with Crippen molar-refractivity contribution in [1.29, 1.82) is 0 Å². The molecular weight excluding hydrogens is 280 g/mol. The van der Waals surface area contributed by atoms with Crippen LogP contribution in [-0.4, -0.2) is 31.5 Å². The number of nitrogens with zero attached hydrogens (tertiary/aromatic N) is 1. The SMILES string of the molecule is CCCNC1(c2nc(CC)c(C)s2)CCS(=O)(=O)C1. The fourth-order valence-corrected chi connectivity index (χ4v) is 5.78. The van der Waals surface area contributed by atoms with Crippen LogP contribution in [0, 0.1) is 6.92 Å². The lowest BCUT2D eigenvalue weighted by atomic mass is 9.99. The maximum atomic E-state index is 11.9. The van der Waals surface area contributed by atoms with Crippen molar-refractivity contribution in [2.75, 3.05) is 18.1 Å². The van der Waals surface area contributed by atoms with E-state index >= 15 is 0 Å². The second-order valence-corrected chi connectivity index (χ2v) is 8.61. The van der Waals surface area contributed by atoms with E-state index in [1.165, 1.54) is 4.88 Å². The van der Waals surface area contributed by atoms with Gasteiger partial charge in [-0.25, -0.2) is 13.4 Å². The fraction of sp³-hybridized carbons (Fsp3) is 0.769. The Labute approximate surface area is 119 Å². The second kappa shape index (κ2) is 5.50. The van der Waals surface area contributed by atoms with Crippen LogP contribution in [-0.2, 0) is 21.8 Å². The lowest BCUT2D eigenvalue weighted by Gasteiger charge is -2.26. The molecule has 0 radical (unpaired) electrons. The van der Waals surface area contributed by atoms with Gasteiger partial charge in [0, 0.05) is 4.88 Å². The molecule has 4 nitrogen and oxygen atoms in total. The van der Waals surface area contributed by atoms with Crippen molar-refractivity contribution in [1.82, 2.24) is 10.3 Å². The first-order chi connectivity index (χ1) is 8.92. The number of hydrogen-bond acceptors (Lipinski definition) is 5. The normalized spacial score (nSPS) is 25.8. The molecule has 108 valence electrons. The predicted molar refractivity (Wildman–Crippen MR) is 79.5 cm³/mol. The molecule has 0 saturated carbocycles. The molecule has 1 aliphatic rings. The Morgan fingerprint density at radius 3 is 2.63 bits per heavy atom. The molecule has 0 spiro atoms. The maximum Gasteiger partial charge on any atom is 0.152 e. The lowest BCUT2D eigenvalue weighted by molar-refractivity contribution is 0.373. The molecule has 19 heavy (non-hydrogen) atoms. The number of sulfone groups is 1. The van der Waals surface area contributed by atoms with Crippen LogP contribution >= 0.6 is 11.3 Å². The molecule has 0 bridgehead atoms. The maximum absolute atomic E-state index is 11.9. The van der Waals surface area contributed by atoms with E-state index in [0.29, 0.717) is 6.42 Å². The number of rotatable bonds is 5. The van der Waals surface area contributed by atoms with Crippen molar-refractivity contribution < 1.29 is 8.42 Å². The summed E-state index contributed by atoms with van der Waals surface area (Å²) in [5, 5.41) is 4.41. The molecule has 0 aromatic carbocycles. The van der Waals surface area contributed by atoms with Crippen LogP contribution in [0.4, 0.5) is 0 Å². The van der Waals surface area contributed by atoms with E-state index in [9.17, 15) is 8.42 Å². The standard InChI is InChI=1S/C13H22N2O2S2/c1-4-7-14-13(6-8-19(16,17)9-13)12-15-11(5-2)10(3)18-12/h14H,4-9H2,1-3H3. The highest BCUT2D eigenvalue weighted by Gasteiger charge is 2.45. The molecule has 2 heterocycles. The molecule has 1 fully saturated rings. The fourth-order valence-electron chi connectivity index (χ4n) is 2.56. The van der Waals surface area contributed by atoms with Gasteiger partial charge < -0.3 is 5.32 Å². The summed E-state index contributed by atoms with van der Waals surface area (Å²) in [6.07, 6.45) is 2.54. The average molecular weight is 302 g/mol. The van der Waals surface area contributed by atoms with E-state index in [2.05, 4.69) is 26.1 Å². The Balaban J connectivity index is 2.37. The van der Waals surface area contributed by atoms with Gasteiger partial charge in [0.15, 0.2) is 9.84 Å². The summed E-state index contributed by atoms with van der Waals surface area (Å²) in [7, 11) is -2.94. The molecule has 1 unspecified atom stereocenters. The van der Waals surface area contributed by atoms with Crippen molar-refractivity contribution >= 4 is 21.2 Å². The zero-order chi connectivity index (χ0) is 14.1. The Hall–Kier alpha value is -0.460. The molecule has 6 heteroatoms. The minimum atomic E-state index is -2.94. The third kappa shape index (κ3) is 3.01. The molecule has 1 aliphatic heterocycles. The van der Waals surface area contributed by atoms with Crippen LogP contribution in [0.5, 0.6) is 0 Å². The van der Waals surface area contributed by atoms with Crippen LogP contribution in [0.1, 0.15) is 42.3 Å². The van der Waals surface area contributed by atoms with Crippen molar-refractivity contribution in [2.24, 2.45) is 0 Å². The van der Waals surface area contributed by atoms with E-state index < -0.39 is 15.4 Å². The van der Waals surface area contributed by atoms with Gasteiger partial charge in [0.05, 0.1) is 22.7 Å². The quantitative estimate of drug-likeness (QED) is 0.904. The van der Waals surface area contributed by atoms with Gasteiger partial charge in [-0.15, -0.1) is 11.3 Å². The molecule has 1 aromatic heterocycles. The number of aromatic nitrogens is 1. The second-order valence-electron chi connectivity index (χ2n) is 5.23. The summed E-state index contributed by atoms with van der Waals surface area (Å²) in [5.74, 6) is 0.458. The lowest BCUT2D eigenvalue weighted by Crippen LogP contribution is -2.44. The summed E-state index contributed by atoms with van der Waals surface area (Å²) in [5.41, 5.74) is 0.652. The van der Waals surface area contributed by atoms with Gasteiger partial charge in [0.1, 0.15) is 5.01 Å². The van der Waals surface area contributed by atoms with E-state index in [1.54, 1.807) is 11.3 Å². The van der Waals surface area contributed by atoms with Crippen molar-refractivity contribution in [3.8, 4) is 0 Å². The third-order valence-electron chi connectivity index (χ3n) is 3.66. The highest BCUT2D eigenvalue weighted by Crippen LogP contribution is 2.37. The van der Waals surface area contributed by atoms with Crippen LogP contribution in [0.25, 0.3) is 0 Å². The minimum absolute atomic E-state index is 0.191. The summed E-state index contributed by atoms with van der Waals surface area (Å²) in [4.78, 5) is 5.90. The number of nitrogens with one attached hydrogen (secondary N) is 1. The van der Waals surface area contributed by atoms with E-state index in [0.717, 1.165) is 30.1 Å². The Bertz CT molecular complexity index is 551.